The molecule has 0 bridgehead atoms. The molecule has 0 aliphatic carbocycles. The van der Waals surface area contributed by atoms with E-state index in [1.165, 1.54) is 11.3 Å². The second-order valence-electron chi connectivity index (χ2n) is 4.49. The van der Waals surface area contributed by atoms with Crippen LogP contribution in [0.5, 0.6) is 0 Å². The van der Waals surface area contributed by atoms with Gasteiger partial charge in [0.2, 0.25) is 0 Å². The summed E-state index contributed by atoms with van der Waals surface area (Å²) in [6.45, 7) is 5.09. The largest absolute Gasteiger partial charge is 0.305 e. The molecule has 2 rings (SSSR count). The highest BCUT2D eigenvalue weighted by atomic mass is 15.3. The summed E-state index contributed by atoms with van der Waals surface area (Å²) in [7, 11) is 1.96. The van der Waals surface area contributed by atoms with E-state index >= 15 is 0 Å². The minimum Gasteiger partial charge on any atom is -0.305 e. The second-order valence-corrected chi connectivity index (χ2v) is 4.49. The van der Waals surface area contributed by atoms with Gasteiger partial charge in [0.05, 0.1) is 11.4 Å². The zero-order valence-corrected chi connectivity index (χ0v) is 11.2. The molecule has 0 amide bonds. The molecule has 0 aliphatic heterocycles. The predicted octanol–water partition coefficient (Wildman–Crippen LogP) is 2.23. The van der Waals surface area contributed by atoms with Gasteiger partial charge in [0.25, 0.3) is 0 Å². The van der Waals surface area contributed by atoms with E-state index in [-0.39, 0.29) is 6.04 Å². The maximum absolute atomic E-state index is 4.44. The molecule has 0 spiro atoms. The Balaban J connectivity index is 1.99. The number of rotatable bonds is 5. The van der Waals surface area contributed by atoms with Crippen LogP contribution in [0.2, 0.25) is 0 Å². The van der Waals surface area contributed by atoms with Gasteiger partial charge in [0.15, 0.2) is 0 Å². The highest BCUT2D eigenvalue weighted by molar-refractivity contribution is 5.17. The molecule has 0 fully saturated rings. The van der Waals surface area contributed by atoms with E-state index in [1.54, 1.807) is 0 Å². The van der Waals surface area contributed by atoms with Crippen molar-refractivity contribution >= 4 is 0 Å². The first-order chi connectivity index (χ1) is 8.70. The molecular weight excluding hydrogens is 224 g/mol. The van der Waals surface area contributed by atoms with Crippen molar-refractivity contribution in [2.75, 3.05) is 0 Å². The lowest BCUT2D eigenvalue weighted by molar-refractivity contribution is 0.559. The summed E-state index contributed by atoms with van der Waals surface area (Å²) < 4.78 is 1.88. The van der Waals surface area contributed by atoms with Crippen LogP contribution in [0, 0.1) is 0 Å². The minimum atomic E-state index is 0.246. The van der Waals surface area contributed by atoms with Crippen molar-refractivity contribution in [1.82, 2.24) is 20.1 Å². The number of nitrogens with zero attached hydrogens (tertiary/aromatic N) is 3. The van der Waals surface area contributed by atoms with E-state index in [1.807, 2.05) is 36.1 Å². The molecule has 0 saturated heterocycles. The summed E-state index contributed by atoms with van der Waals surface area (Å²) in [5.41, 5.74) is 3.50. The second kappa shape index (κ2) is 5.78. The summed E-state index contributed by atoms with van der Waals surface area (Å²) in [6, 6.07) is 6.24. The summed E-state index contributed by atoms with van der Waals surface area (Å²) in [4.78, 5) is 4.36. The Morgan fingerprint density at radius 2 is 2.22 bits per heavy atom. The Hall–Kier alpha value is -1.68. The van der Waals surface area contributed by atoms with Crippen molar-refractivity contribution in [3.63, 3.8) is 0 Å². The van der Waals surface area contributed by atoms with Crippen LogP contribution in [-0.2, 0) is 20.0 Å². The molecule has 2 aromatic rings. The Kier molecular flexibility index (Phi) is 4.10. The topological polar surface area (TPSA) is 42.7 Å². The molecule has 4 nitrogen and oxygen atoms in total. The first-order valence-corrected chi connectivity index (χ1v) is 6.36. The number of pyridine rings is 1. The van der Waals surface area contributed by atoms with Crippen LogP contribution in [0.25, 0.3) is 0 Å². The van der Waals surface area contributed by atoms with Gasteiger partial charge in [0, 0.05) is 37.6 Å². The van der Waals surface area contributed by atoms with E-state index in [9.17, 15) is 0 Å². The zero-order chi connectivity index (χ0) is 13.0. The van der Waals surface area contributed by atoms with Gasteiger partial charge in [-0.2, -0.15) is 5.10 Å². The summed E-state index contributed by atoms with van der Waals surface area (Å²) >= 11 is 0. The lowest BCUT2D eigenvalue weighted by Crippen LogP contribution is -2.19. The minimum absolute atomic E-state index is 0.246. The van der Waals surface area contributed by atoms with Crippen molar-refractivity contribution in [2.24, 2.45) is 7.05 Å². The monoisotopic (exact) mass is 244 g/mol. The van der Waals surface area contributed by atoms with Crippen LogP contribution in [0.3, 0.4) is 0 Å². The van der Waals surface area contributed by atoms with Crippen LogP contribution in [0.4, 0.5) is 0 Å². The Bertz CT molecular complexity index is 490. The Morgan fingerprint density at radius 3 is 2.89 bits per heavy atom. The van der Waals surface area contributed by atoms with Crippen molar-refractivity contribution in [2.45, 2.75) is 32.9 Å². The van der Waals surface area contributed by atoms with Crippen LogP contribution in [0.1, 0.15) is 36.8 Å². The van der Waals surface area contributed by atoms with Gasteiger partial charge in [-0.05, 0) is 25.5 Å². The van der Waals surface area contributed by atoms with Crippen molar-refractivity contribution in [1.29, 1.82) is 0 Å². The molecule has 2 aromatic heterocycles. The molecular formula is C14H20N4. The maximum atomic E-state index is 4.44. The summed E-state index contributed by atoms with van der Waals surface area (Å²) in [5.74, 6) is 0. The van der Waals surface area contributed by atoms with E-state index < -0.39 is 0 Å². The molecule has 1 N–H and O–H groups in total. The van der Waals surface area contributed by atoms with E-state index in [0.29, 0.717) is 0 Å². The van der Waals surface area contributed by atoms with Gasteiger partial charge in [-0.25, -0.2) is 0 Å². The zero-order valence-electron chi connectivity index (χ0n) is 11.2. The average molecular weight is 244 g/mol. The number of hydrogen-bond acceptors (Lipinski definition) is 3. The summed E-state index contributed by atoms with van der Waals surface area (Å²) in [6.07, 6.45) is 4.88. The highest BCUT2D eigenvalue weighted by Gasteiger charge is 2.09. The van der Waals surface area contributed by atoms with Gasteiger partial charge >= 0.3 is 0 Å². The van der Waals surface area contributed by atoms with Crippen LogP contribution < -0.4 is 5.32 Å². The molecule has 1 unspecified atom stereocenters. The van der Waals surface area contributed by atoms with Crippen LogP contribution in [0.15, 0.2) is 30.6 Å². The normalized spacial score (nSPS) is 12.6. The molecule has 18 heavy (non-hydrogen) atoms. The molecule has 1 atom stereocenters. The summed E-state index contributed by atoms with van der Waals surface area (Å²) in [5, 5.41) is 7.93. The Morgan fingerprint density at radius 1 is 1.39 bits per heavy atom. The van der Waals surface area contributed by atoms with Gasteiger partial charge in [-0.1, -0.05) is 13.0 Å². The number of aryl methyl sites for hydroxylation is 2. The molecule has 96 valence electrons. The molecule has 0 saturated carbocycles. The van der Waals surface area contributed by atoms with E-state index in [4.69, 9.17) is 0 Å². The van der Waals surface area contributed by atoms with Gasteiger partial charge in [0.1, 0.15) is 0 Å². The Labute approximate surface area is 108 Å². The van der Waals surface area contributed by atoms with Gasteiger partial charge in [-0.3, -0.25) is 9.67 Å². The third-order valence-corrected chi connectivity index (χ3v) is 3.06. The van der Waals surface area contributed by atoms with Crippen LogP contribution >= 0.6 is 0 Å². The first kappa shape index (κ1) is 12.8. The smallest absolute Gasteiger partial charge is 0.0666 e. The highest BCUT2D eigenvalue weighted by Crippen LogP contribution is 2.11. The lowest BCUT2D eigenvalue weighted by atomic mass is 10.1. The standard InChI is InChI=1S/C14H20N4/c1-4-13-12(10-18(3)17-13)9-16-11(2)14-7-5-6-8-15-14/h5-8,10-11,16H,4,9H2,1-3H3. The lowest BCUT2D eigenvalue weighted by Gasteiger charge is -2.12. The number of hydrogen-bond donors (Lipinski definition) is 1. The maximum Gasteiger partial charge on any atom is 0.0666 e. The van der Waals surface area contributed by atoms with E-state index in [0.717, 1.165) is 18.7 Å². The van der Waals surface area contributed by atoms with Crippen molar-refractivity contribution in [3.05, 3.63) is 47.5 Å². The van der Waals surface area contributed by atoms with Gasteiger partial charge in [-0.15, -0.1) is 0 Å². The first-order valence-electron chi connectivity index (χ1n) is 6.36. The van der Waals surface area contributed by atoms with E-state index in [2.05, 4.69) is 35.4 Å². The fourth-order valence-corrected chi connectivity index (χ4v) is 2.03. The molecule has 4 heteroatoms. The fourth-order valence-electron chi connectivity index (χ4n) is 2.03. The number of nitrogens with one attached hydrogen (secondary N) is 1. The predicted molar refractivity (Wildman–Crippen MR) is 72.1 cm³/mol. The number of aromatic nitrogens is 3. The van der Waals surface area contributed by atoms with Crippen molar-refractivity contribution in [3.8, 4) is 0 Å². The quantitative estimate of drug-likeness (QED) is 0.877. The molecule has 0 aromatic carbocycles. The van der Waals surface area contributed by atoms with Gasteiger partial charge < -0.3 is 5.32 Å². The third kappa shape index (κ3) is 2.96. The fraction of sp³-hybridized carbons (Fsp3) is 0.429. The molecule has 0 radical (unpaired) electrons. The average Bonchev–Trinajstić information content (AvgIpc) is 2.77. The molecule has 2 heterocycles. The van der Waals surface area contributed by atoms with Crippen molar-refractivity contribution < 1.29 is 0 Å². The van der Waals surface area contributed by atoms with Crippen LogP contribution in [-0.4, -0.2) is 14.8 Å². The third-order valence-electron chi connectivity index (χ3n) is 3.06. The molecule has 0 aliphatic rings. The SMILES string of the molecule is CCc1nn(C)cc1CNC(C)c1ccccn1.